The fourth-order valence-electron chi connectivity index (χ4n) is 2.78. The summed E-state index contributed by atoms with van der Waals surface area (Å²) in [5.41, 5.74) is 1.72. The van der Waals surface area contributed by atoms with E-state index >= 15 is 0 Å². The van der Waals surface area contributed by atoms with Crippen molar-refractivity contribution in [3.63, 3.8) is 0 Å². The van der Waals surface area contributed by atoms with E-state index in [2.05, 4.69) is 0 Å². The Hall–Kier alpha value is -1.59. The predicted molar refractivity (Wildman–Crippen MR) is 90.6 cm³/mol. The first-order valence-corrected chi connectivity index (χ1v) is 8.17. The highest BCUT2D eigenvalue weighted by molar-refractivity contribution is 6.31. The number of benzene rings is 1. The number of nitrogens with zero attached hydrogens (tertiary/aromatic N) is 2. The van der Waals surface area contributed by atoms with E-state index in [0.29, 0.717) is 24.5 Å². The van der Waals surface area contributed by atoms with Gasteiger partial charge in [0.25, 0.3) is 0 Å². The highest BCUT2D eigenvalue weighted by atomic mass is 35.5. The number of halogens is 1. The van der Waals surface area contributed by atoms with Gasteiger partial charge in [-0.25, -0.2) is 0 Å². The lowest BCUT2D eigenvalue weighted by molar-refractivity contribution is -0.134. The van der Waals surface area contributed by atoms with Crippen molar-refractivity contribution < 1.29 is 14.7 Å². The molecule has 1 heterocycles. The first-order chi connectivity index (χ1) is 10.8. The van der Waals surface area contributed by atoms with Gasteiger partial charge in [0.1, 0.15) is 0 Å². The maximum atomic E-state index is 12.5. The molecule has 0 spiro atoms. The number of carbonyl (C=O) groups excluding carboxylic acids is 2. The van der Waals surface area contributed by atoms with Gasteiger partial charge in [-0.05, 0) is 38.0 Å². The van der Waals surface area contributed by atoms with Gasteiger partial charge in [0.2, 0.25) is 11.8 Å². The van der Waals surface area contributed by atoms with Crippen molar-refractivity contribution in [2.75, 3.05) is 25.0 Å². The first-order valence-electron chi connectivity index (χ1n) is 7.79. The molecule has 2 amide bonds. The van der Waals surface area contributed by atoms with Crippen LogP contribution in [0.25, 0.3) is 0 Å². The number of carbonyl (C=O) groups is 2. The Morgan fingerprint density at radius 1 is 1.52 bits per heavy atom. The molecule has 1 aromatic rings. The summed E-state index contributed by atoms with van der Waals surface area (Å²) in [5, 5.41) is 9.90. The zero-order chi connectivity index (χ0) is 17.1. The molecule has 0 saturated carbocycles. The summed E-state index contributed by atoms with van der Waals surface area (Å²) < 4.78 is 0. The molecular formula is C17H23ClN2O3. The van der Waals surface area contributed by atoms with Crippen molar-refractivity contribution in [2.24, 2.45) is 5.92 Å². The van der Waals surface area contributed by atoms with E-state index in [1.165, 1.54) is 0 Å². The van der Waals surface area contributed by atoms with Crippen LogP contribution < -0.4 is 4.90 Å². The van der Waals surface area contributed by atoms with Gasteiger partial charge in [-0.2, -0.15) is 0 Å². The van der Waals surface area contributed by atoms with Crippen molar-refractivity contribution in [1.29, 1.82) is 0 Å². The lowest BCUT2D eigenvalue weighted by atomic mass is 10.1. The first kappa shape index (κ1) is 17.8. The quantitative estimate of drug-likeness (QED) is 0.895. The van der Waals surface area contributed by atoms with Gasteiger partial charge < -0.3 is 14.9 Å². The number of rotatable bonds is 5. The second kappa shape index (κ2) is 7.32. The van der Waals surface area contributed by atoms with Gasteiger partial charge >= 0.3 is 0 Å². The Labute approximate surface area is 141 Å². The fraction of sp³-hybridized carbons (Fsp3) is 0.529. The number of hydrogen-bond acceptors (Lipinski definition) is 3. The lowest BCUT2D eigenvalue weighted by Gasteiger charge is -2.22. The van der Waals surface area contributed by atoms with Crippen molar-refractivity contribution in [3.05, 3.63) is 28.8 Å². The summed E-state index contributed by atoms with van der Waals surface area (Å²) in [6.07, 6.45) is 0.296. The summed E-state index contributed by atoms with van der Waals surface area (Å²) in [6, 6.07) is 5.42. The van der Waals surface area contributed by atoms with Crippen LogP contribution in [-0.2, 0) is 9.59 Å². The molecule has 1 fully saturated rings. The van der Waals surface area contributed by atoms with Crippen LogP contribution in [0, 0.1) is 12.8 Å². The molecule has 2 rings (SSSR count). The average molecular weight is 339 g/mol. The number of anilines is 1. The van der Waals surface area contributed by atoms with Crippen LogP contribution in [0.2, 0.25) is 5.02 Å². The second-order valence-corrected chi connectivity index (χ2v) is 6.67. The zero-order valence-electron chi connectivity index (χ0n) is 13.8. The van der Waals surface area contributed by atoms with E-state index in [0.717, 1.165) is 11.3 Å². The molecule has 0 bridgehead atoms. The molecule has 126 valence electrons. The summed E-state index contributed by atoms with van der Waals surface area (Å²) in [6.45, 7) is 4.47. The fourth-order valence-corrected chi connectivity index (χ4v) is 2.95. The maximum Gasteiger partial charge on any atom is 0.227 e. The largest absolute Gasteiger partial charge is 0.393 e. The molecule has 1 aromatic carbocycles. The molecule has 1 N–H and O–H groups in total. The Kier molecular flexibility index (Phi) is 5.65. The summed E-state index contributed by atoms with van der Waals surface area (Å²) in [4.78, 5) is 28.0. The Balaban J connectivity index is 2.07. The van der Waals surface area contributed by atoms with Crippen molar-refractivity contribution >= 4 is 29.1 Å². The SMILES string of the molecule is Cc1ccc(Cl)cc1N1CC(C(=O)N(C)CCC(C)O)CC1=O. The molecule has 5 nitrogen and oxygen atoms in total. The van der Waals surface area contributed by atoms with Gasteiger partial charge in [-0.1, -0.05) is 17.7 Å². The van der Waals surface area contributed by atoms with Crippen molar-refractivity contribution in [2.45, 2.75) is 32.8 Å². The van der Waals surface area contributed by atoms with Gasteiger partial charge in [-0.15, -0.1) is 0 Å². The third-order valence-corrected chi connectivity index (χ3v) is 4.43. The molecule has 2 unspecified atom stereocenters. The lowest BCUT2D eigenvalue weighted by Crippen LogP contribution is -2.36. The normalized spacial score (nSPS) is 19.1. The number of amides is 2. The smallest absolute Gasteiger partial charge is 0.227 e. The molecule has 0 aromatic heterocycles. The van der Waals surface area contributed by atoms with Crippen LogP contribution in [0.4, 0.5) is 5.69 Å². The minimum atomic E-state index is -0.443. The average Bonchev–Trinajstić information content (AvgIpc) is 2.88. The Bertz CT molecular complexity index is 604. The Morgan fingerprint density at radius 2 is 2.22 bits per heavy atom. The number of aliphatic hydroxyl groups excluding tert-OH is 1. The third-order valence-electron chi connectivity index (χ3n) is 4.19. The zero-order valence-corrected chi connectivity index (χ0v) is 14.5. The standard InChI is InChI=1S/C17H23ClN2O3/c1-11-4-5-14(18)9-15(11)20-10-13(8-16(20)22)17(23)19(3)7-6-12(2)21/h4-5,9,12-13,21H,6-8,10H2,1-3H3. The molecule has 1 aliphatic rings. The number of aliphatic hydroxyl groups is 1. The topological polar surface area (TPSA) is 60.9 Å². The summed E-state index contributed by atoms with van der Waals surface area (Å²) in [5.74, 6) is -0.460. The van der Waals surface area contributed by atoms with E-state index in [1.807, 2.05) is 13.0 Å². The number of hydrogen-bond donors (Lipinski definition) is 1. The predicted octanol–water partition coefficient (Wildman–Crippen LogP) is 2.23. The van der Waals surface area contributed by atoms with E-state index < -0.39 is 6.10 Å². The minimum Gasteiger partial charge on any atom is -0.393 e. The van der Waals surface area contributed by atoms with Crippen LogP contribution >= 0.6 is 11.6 Å². The van der Waals surface area contributed by atoms with Gasteiger partial charge in [-0.3, -0.25) is 9.59 Å². The highest BCUT2D eigenvalue weighted by Gasteiger charge is 2.36. The Morgan fingerprint density at radius 3 is 2.87 bits per heavy atom. The minimum absolute atomic E-state index is 0.0545. The molecule has 0 aliphatic carbocycles. The van der Waals surface area contributed by atoms with E-state index in [4.69, 9.17) is 11.6 Å². The van der Waals surface area contributed by atoms with Crippen LogP contribution in [0.5, 0.6) is 0 Å². The van der Waals surface area contributed by atoms with Crippen molar-refractivity contribution in [1.82, 2.24) is 4.90 Å². The second-order valence-electron chi connectivity index (χ2n) is 6.23. The van der Waals surface area contributed by atoms with Crippen LogP contribution in [0.1, 0.15) is 25.3 Å². The van der Waals surface area contributed by atoms with Crippen molar-refractivity contribution in [3.8, 4) is 0 Å². The molecule has 2 atom stereocenters. The van der Waals surface area contributed by atoms with Crippen LogP contribution in [0.15, 0.2) is 18.2 Å². The molecule has 0 radical (unpaired) electrons. The van der Waals surface area contributed by atoms with Crippen LogP contribution in [-0.4, -0.2) is 48.1 Å². The summed E-state index contributed by atoms with van der Waals surface area (Å²) >= 11 is 6.03. The number of aryl methyl sites for hydroxylation is 1. The van der Waals surface area contributed by atoms with E-state index in [-0.39, 0.29) is 24.2 Å². The molecule has 1 saturated heterocycles. The molecule has 1 aliphatic heterocycles. The monoisotopic (exact) mass is 338 g/mol. The molecular weight excluding hydrogens is 316 g/mol. The van der Waals surface area contributed by atoms with Gasteiger partial charge in [0.15, 0.2) is 0 Å². The third kappa shape index (κ3) is 4.24. The highest BCUT2D eigenvalue weighted by Crippen LogP contribution is 2.30. The summed E-state index contributed by atoms with van der Waals surface area (Å²) in [7, 11) is 1.71. The van der Waals surface area contributed by atoms with Crippen LogP contribution in [0.3, 0.4) is 0 Å². The van der Waals surface area contributed by atoms with E-state index in [9.17, 15) is 14.7 Å². The van der Waals surface area contributed by atoms with Gasteiger partial charge in [0, 0.05) is 37.3 Å². The van der Waals surface area contributed by atoms with Gasteiger partial charge in [0.05, 0.1) is 12.0 Å². The molecule has 6 heteroatoms. The molecule has 23 heavy (non-hydrogen) atoms. The van der Waals surface area contributed by atoms with E-state index in [1.54, 1.807) is 35.9 Å². The maximum absolute atomic E-state index is 12.5.